The lowest BCUT2D eigenvalue weighted by atomic mass is 9.98. The first-order valence-electron chi connectivity index (χ1n) is 5.40. The molecule has 0 radical (unpaired) electrons. The van der Waals surface area contributed by atoms with E-state index < -0.39 is 11.5 Å². The van der Waals surface area contributed by atoms with E-state index in [4.69, 9.17) is 4.52 Å². The Labute approximate surface area is 93.0 Å². The number of carbonyl (C=O) groups is 1. The van der Waals surface area contributed by atoms with Gasteiger partial charge < -0.3 is 9.63 Å². The van der Waals surface area contributed by atoms with E-state index in [0.717, 1.165) is 12.8 Å². The van der Waals surface area contributed by atoms with Crippen molar-refractivity contribution >= 4 is 5.97 Å². The fourth-order valence-corrected chi connectivity index (χ4v) is 2.10. The molecule has 1 aromatic rings. The molecular formula is C10H15N3O3. The van der Waals surface area contributed by atoms with Crippen LogP contribution in [0.4, 0.5) is 0 Å². The molecule has 1 fully saturated rings. The molecule has 88 valence electrons. The quantitative estimate of drug-likeness (QED) is 0.790. The number of carboxylic acid groups (broad SMARTS) is 1. The molecule has 6 nitrogen and oxygen atoms in total. The minimum atomic E-state index is -0.803. The van der Waals surface area contributed by atoms with Crippen LogP contribution in [0.3, 0.4) is 0 Å². The third kappa shape index (κ3) is 2.06. The zero-order valence-corrected chi connectivity index (χ0v) is 9.19. The maximum absolute atomic E-state index is 11.2. The molecule has 0 saturated heterocycles. The largest absolute Gasteiger partial charge is 0.480 e. The number of hydrogen-bond acceptors (Lipinski definition) is 5. The summed E-state index contributed by atoms with van der Waals surface area (Å²) in [4.78, 5) is 15.2. The van der Waals surface area contributed by atoms with Gasteiger partial charge in [0.2, 0.25) is 5.89 Å². The molecule has 0 aliphatic heterocycles. The van der Waals surface area contributed by atoms with Crippen molar-refractivity contribution in [2.45, 2.75) is 44.7 Å². The average molecular weight is 225 g/mol. The predicted octanol–water partition coefficient (Wildman–Crippen LogP) is 0.865. The van der Waals surface area contributed by atoms with Gasteiger partial charge in [0.15, 0.2) is 5.82 Å². The van der Waals surface area contributed by atoms with Crippen LogP contribution in [0.5, 0.6) is 0 Å². The van der Waals surface area contributed by atoms with Gasteiger partial charge >= 0.3 is 5.97 Å². The number of carboxylic acids is 1. The van der Waals surface area contributed by atoms with Gasteiger partial charge in [0, 0.05) is 0 Å². The van der Waals surface area contributed by atoms with Crippen molar-refractivity contribution in [3.63, 3.8) is 0 Å². The Hall–Kier alpha value is -1.43. The summed E-state index contributed by atoms with van der Waals surface area (Å²) in [5, 5.41) is 15.9. The second-order valence-electron chi connectivity index (χ2n) is 4.18. The van der Waals surface area contributed by atoms with Crippen LogP contribution < -0.4 is 5.32 Å². The second kappa shape index (κ2) is 4.21. The first-order chi connectivity index (χ1) is 7.62. The van der Waals surface area contributed by atoms with Gasteiger partial charge in [-0.05, 0) is 19.8 Å². The Morgan fingerprint density at radius 2 is 2.25 bits per heavy atom. The Bertz CT molecular complexity index is 382. The lowest BCUT2D eigenvalue weighted by Gasteiger charge is -2.24. The molecule has 1 aromatic heterocycles. The number of hydrogen-bond donors (Lipinski definition) is 2. The molecule has 0 unspecified atom stereocenters. The standard InChI is InChI=1S/C10H15N3O3/c1-7-12-8(16-13-7)6-11-10(9(14)15)4-2-3-5-10/h11H,2-6H2,1H3,(H,14,15). The monoisotopic (exact) mass is 225 g/mol. The molecule has 0 atom stereocenters. The maximum Gasteiger partial charge on any atom is 0.323 e. The van der Waals surface area contributed by atoms with Crippen LogP contribution in [-0.2, 0) is 11.3 Å². The summed E-state index contributed by atoms with van der Waals surface area (Å²) in [6, 6.07) is 0. The maximum atomic E-state index is 11.2. The third-order valence-electron chi connectivity index (χ3n) is 3.01. The molecule has 1 aliphatic carbocycles. The topological polar surface area (TPSA) is 88.2 Å². The van der Waals surface area contributed by atoms with E-state index in [0.29, 0.717) is 31.1 Å². The molecule has 1 heterocycles. The van der Waals surface area contributed by atoms with E-state index in [1.807, 2.05) is 0 Å². The second-order valence-corrected chi connectivity index (χ2v) is 4.18. The van der Waals surface area contributed by atoms with E-state index in [1.54, 1.807) is 6.92 Å². The summed E-state index contributed by atoms with van der Waals surface area (Å²) in [6.45, 7) is 2.04. The minimum Gasteiger partial charge on any atom is -0.480 e. The van der Waals surface area contributed by atoms with E-state index in [-0.39, 0.29) is 0 Å². The fraction of sp³-hybridized carbons (Fsp3) is 0.700. The average Bonchev–Trinajstić information content (AvgIpc) is 2.84. The summed E-state index contributed by atoms with van der Waals surface area (Å²) < 4.78 is 4.93. The molecule has 0 amide bonds. The molecule has 1 saturated carbocycles. The van der Waals surface area contributed by atoms with Gasteiger partial charge in [-0.15, -0.1) is 0 Å². The molecular weight excluding hydrogens is 210 g/mol. The molecule has 1 aliphatic rings. The zero-order chi connectivity index (χ0) is 11.6. The summed E-state index contributed by atoms with van der Waals surface area (Å²) in [7, 11) is 0. The van der Waals surface area contributed by atoms with Crippen LogP contribution in [0, 0.1) is 6.92 Å². The highest BCUT2D eigenvalue weighted by atomic mass is 16.5. The SMILES string of the molecule is Cc1noc(CNC2(C(=O)O)CCCC2)n1. The highest BCUT2D eigenvalue weighted by Gasteiger charge is 2.40. The van der Waals surface area contributed by atoms with Crippen LogP contribution in [0.1, 0.15) is 37.4 Å². The highest BCUT2D eigenvalue weighted by Crippen LogP contribution is 2.30. The number of nitrogens with zero attached hydrogens (tertiary/aromatic N) is 2. The Morgan fingerprint density at radius 3 is 2.75 bits per heavy atom. The Kier molecular flexibility index (Phi) is 2.91. The summed E-state index contributed by atoms with van der Waals surface area (Å²) in [5.74, 6) is 0.207. The fourth-order valence-electron chi connectivity index (χ4n) is 2.10. The van der Waals surface area contributed by atoms with Gasteiger partial charge in [0.25, 0.3) is 0 Å². The normalized spacial score (nSPS) is 18.8. The van der Waals surface area contributed by atoms with Gasteiger partial charge in [-0.1, -0.05) is 18.0 Å². The zero-order valence-electron chi connectivity index (χ0n) is 9.19. The lowest BCUT2D eigenvalue weighted by molar-refractivity contribution is -0.144. The van der Waals surface area contributed by atoms with Gasteiger partial charge in [0.05, 0.1) is 6.54 Å². The van der Waals surface area contributed by atoms with E-state index in [1.165, 1.54) is 0 Å². The number of aromatic nitrogens is 2. The third-order valence-corrected chi connectivity index (χ3v) is 3.01. The van der Waals surface area contributed by atoms with Crippen LogP contribution in [0.25, 0.3) is 0 Å². The molecule has 2 N–H and O–H groups in total. The number of nitrogens with one attached hydrogen (secondary N) is 1. The first kappa shape index (κ1) is 11.1. The smallest absolute Gasteiger partial charge is 0.323 e. The molecule has 0 bridgehead atoms. The van der Waals surface area contributed by atoms with Gasteiger partial charge in [-0.3, -0.25) is 10.1 Å². The Balaban J connectivity index is 1.99. The van der Waals surface area contributed by atoms with Gasteiger partial charge in [-0.2, -0.15) is 4.98 Å². The van der Waals surface area contributed by atoms with Crippen LogP contribution in [-0.4, -0.2) is 26.8 Å². The molecule has 6 heteroatoms. The number of rotatable bonds is 4. The summed E-state index contributed by atoms with van der Waals surface area (Å²) >= 11 is 0. The van der Waals surface area contributed by atoms with Gasteiger partial charge in [-0.25, -0.2) is 0 Å². The highest BCUT2D eigenvalue weighted by molar-refractivity contribution is 5.79. The van der Waals surface area contributed by atoms with Crippen LogP contribution in [0.2, 0.25) is 0 Å². The predicted molar refractivity (Wildman–Crippen MR) is 54.7 cm³/mol. The molecule has 2 rings (SSSR count). The van der Waals surface area contributed by atoms with Crippen LogP contribution in [0.15, 0.2) is 4.52 Å². The van der Waals surface area contributed by atoms with Crippen molar-refractivity contribution in [1.29, 1.82) is 0 Å². The summed E-state index contributed by atoms with van der Waals surface area (Å²) in [5.41, 5.74) is -0.803. The number of aryl methyl sites for hydroxylation is 1. The van der Waals surface area contributed by atoms with Crippen molar-refractivity contribution in [3.05, 3.63) is 11.7 Å². The molecule has 16 heavy (non-hydrogen) atoms. The van der Waals surface area contributed by atoms with Gasteiger partial charge in [0.1, 0.15) is 5.54 Å². The van der Waals surface area contributed by atoms with Crippen molar-refractivity contribution in [3.8, 4) is 0 Å². The minimum absolute atomic E-state index is 0.313. The number of aliphatic carboxylic acids is 1. The van der Waals surface area contributed by atoms with E-state index in [2.05, 4.69) is 15.5 Å². The Morgan fingerprint density at radius 1 is 1.56 bits per heavy atom. The van der Waals surface area contributed by atoms with E-state index in [9.17, 15) is 9.90 Å². The lowest BCUT2D eigenvalue weighted by Crippen LogP contribution is -2.49. The first-order valence-corrected chi connectivity index (χ1v) is 5.40. The van der Waals surface area contributed by atoms with Crippen molar-refractivity contribution in [2.24, 2.45) is 0 Å². The van der Waals surface area contributed by atoms with Crippen molar-refractivity contribution < 1.29 is 14.4 Å². The molecule has 0 spiro atoms. The van der Waals surface area contributed by atoms with Crippen molar-refractivity contribution in [2.75, 3.05) is 0 Å². The summed E-state index contributed by atoms with van der Waals surface area (Å²) in [6.07, 6.45) is 3.22. The van der Waals surface area contributed by atoms with Crippen molar-refractivity contribution in [1.82, 2.24) is 15.5 Å². The molecule has 0 aromatic carbocycles. The van der Waals surface area contributed by atoms with E-state index >= 15 is 0 Å². The van der Waals surface area contributed by atoms with Crippen LogP contribution >= 0.6 is 0 Å².